The molecule has 3 aromatic rings. The van der Waals surface area contributed by atoms with Gasteiger partial charge in [0.1, 0.15) is 11.6 Å². The maximum absolute atomic E-state index is 14.1. The third kappa shape index (κ3) is 2.39. The number of methoxy groups -OCH3 is 1. The number of benzene rings is 1. The van der Waals surface area contributed by atoms with Crippen molar-refractivity contribution in [1.82, 2.24) is 4.57 Å². The number of furan rings is 1. The number of pyridine rings is 1. The Hall–Kier alpha value is -2.89. The van der Waals surface area contributed by atoms with E-state index < -0.39 is 11.8 Å². The molecule has 0 unspecified atom stereocenters. The van der Waals surface area contributed by atoms with Crippen molar-refractivity contribution in [3.63, 3.8) is 0 Å². The van der Waals surface area contributed by atoms with Crippen molar-refractivity contribution >= 4 is 16.9 Å². The van der Waals surface area contributed by atoms with Crippen LogP contribution >= 0.6 is 0 Å². The monoisotopic (exact) mass is 301 g/mol. The molecule has 3 rings (SSSR count). The second-order valence-corrected chi connectivity index (χ2v) is 4.70. The Labute approximate surface area is 124 Å². The predicted molar refractivity (Wildman–Crippen MR) is 77.3 cm³/mol. The molecule has 0 bridgehead atoms. The Kier molecular flexibility index (Phi) is 3.50. The fourth-order valence-corrected chi connectivity index (χ4v) is 2.30. The molecule has 0 spiro atoms. The first kappa shape index (κ1) is 14.1. The summed E-state index contributed by atoms with van der Waals surface area (Å²) in [6.45, 7) is 0.189. The lowest BCUT2D eigenvalue weighted by atomic mass is 10.2. The Morgan fingerprint density at radius 2 is 2.09 bits per heavy atom. The number of carbonyl (C=O) groups is 1. The minimum atomic E-state index is -0.581. The number of hydrogen-bond donors (Lipinski definition) is 0. The van der Waals surface area contributed by atoms with E-state index in [9.17, 15) is 14.0 Å². The summed E-state index contributed by atoms with van der Waals surface area (Å²) < 4.78 is 25.5. The van der Waals surface area contributed by atoms with Crippen molar-refractivity contribution in [2.45, 2.75) is 6.54 Å². The second-order valence-electron chi connectivity index (χ2n) is 4.70. The lowest BCUT2D eigenvalue weighted by Crippen LogP contribution is -2.10. The molecule has 5 nitrogen and oxygen atoms in total. The van der Waals surface area contributed by atoms with Crippen molar-refractivity contribution in [3.05, 3.63) is 70.2 Å². The standard InChI is InChI=1S/C16H12FNO4/c1-21-16(20)14-6-5-10(22-14)9-18-8-7-13(19)11-3-2-4-12(17)15(11)18/h2-8H,9H2,1H3. The van der Waals surface area contributed by atoms with Gasteiger partial charge in [0.05, 0.1) is 19.2 Å². The lowest BCUT2D eigenvalue weighted by Gasteiger charge is -2.09. The van der Waals surface area contributed by atoms with Gasteiger partial charge < -0.3 is 13.7 Å². The SMILES string of the molecule is COC(=O)c1ccc(Cn2ccc(=O)c3cccc(F)c32)o1. The van der Waals surface area contributed by atoms with Crippen molar-refractivity contribution in [2.24, 2.45) is 0 Å². The van der Waals surface area contributed by atoms with Gasteiger partial charge in [-0.25, -0.2) is 9.18 Å². The molecule has 22 heavy (non-hydrogen) atoms. The predicted octanol–water partition coefficient (Wildman–Crippen LogP) is 2.57. The van der Waals surface area contributed by atoms with E-state index in [2.05, 4.69) is 4.74 Å². The van der Waals surface area contributed by atoms with Gasteiger partial charge in [-0.3, -0.25) is 4.79 Å². The topological polar surface area (TPSA) is 61.4 Å². The van der Waals surface area contributed by atoms with E-state index in [-0.39, 0.29) is 23.3 Å². The average Bonchev–Trinajstić information content (AvgIpc) is 2.98. The zero-order chi connectivity index (χ0) is 15.7. The highest BCUT2D eigenvalue weighted by atomic mass is 19.1. The summed E-state index contributed by atoms with van der Waals surface area (Å²) in [6.07, 6.45) is 1.49. The third-order valence-corrected chi connectivity index (χ3v) is 3.32. The van der Waals surface area contributed by atoms with Crippen LogP contribution in [0.15, 0.2) is 51.8 Å². The molecule has 0 saturated heterocycles. The van der Waals surface area contributed by atoms with Crippen LogP contribution in [-0.2, 0) is 11.3 Å². The van der Waals surface area contributed by atoms with Gasteiger partial charge in [-0.2, -0.15) is 0 Å². The second kappa shape index (κ2) is 5.48. The van der Waals surface area contributed by atoms with Crippen molar-refractivity contribution < 1.29 is 18.3 Å². The number of esters is 1. The van der Waals surface area contributed by atoms with E-state index in [4.69, 9.17) is 4.42 Å². The molecule has 0 amide bonds. The number of fused-ring (bicyclic) bond motifs is 1. The molecular weight excluding hydrogens is 289 g/mol. The first-order valence-electron chi connectivity index (χ1n) is 6.55. The summed E-state index contributed by atoms with van der Waals surface area (Å²) in [6, 6.07) is 8.82. The number of rotatable bonds is 3. The first-order chi connectivity index (χ1) is 10.6. The van der Waals surface area contributed by atoms with Gasteiger partial charge in [-0.05, 0) is 24.3 Å². The van der Waals surface area contributed by atoms with Crippen molar-refractivity contribution in [1.29, 1.82) is 0 Å². The van der Waals surface area contributed by atoms with E-state index in [0.717, 1.165) is 0 Å². The third-order valence-electron chi connectivity index (χ3n) is 3.32. The Bertz CT molecular complexity index is 910. The van der Waals surface area contributed by atoms with Crippen LogP contribution in [0, 0.1) is 5.82 Å². The van der Waals surface area contributed by atoms with E-state index in [1.54, 1.807) is 16.7 Å². The highest BCUT2D eigenvalue weighted by Gasteiger charge is 2.13. The molecule has 0 aliphatic rings. The number of nitrogens with zero attached hydrogens (tertiary/aromatic N) is 1. The maximum Gasteiger partial charge on any atom is 0.373 e. The highest BCUT2D eigenvalue weighted by Crippen LogP contribution is 2.17. The molecule has 0 aliphatic carbocycles. The van der Waals surface area contributed by atoms with Crippen LogP contribution in [0.4, 0.5) is 4.39 Å². The highest BCUT2D eigenvalue weighted by molar-refractivity contribution is 5.86. The largest absolute Gasteiger partial charge is 0.463 e. The van der Waals surface area contributed by atoms with Gasteiger partial charge in [0, 0.05) is 17.6 Å². The number of ether oxygens (including phenoxy) is 1. The molecule has 0 saturated carbocycles. The number of carbonyl (C=O) groups excluding carboxylic acids is 1. The molecule has 0 aliphatic heterocycles. The molecule has 0 atom stereocenters. The minimum Gasteiger partial charge on any atom is -0.463 e. The Balaban J connectivity index is 2.05. The van der Waals surface area contributed by atoms with E-state index in [0.29, 0.717) is 11.1 Å². The molecule has 6 heteroatoms. The average molecular weight is 301 g/mol. The smallest absolute Gasteiger partial charge is 0.373 e. The zero-order valence-corrected chi connectivity index (χ0v) is 11.7. The minimum absolute atomic E-state index is 0.0725. The molecular formula is C16H12FNO4. The lowest BCUT2D eigenvalue weighted by molar-refractivity contribution is 0.0563. The molecule has 2 aromatic heterocycles. The van der Waals surface area contributed by atoms with E-state index in [1.807, 2.05) is 0 Å². The van der Waals surface area contributed by atoms with Gasteiger partial charge >= 0.3 is 5.97 Å². The summed E-state index contributed by atoms with van der Waals surface area (Å²) in [5.74, 6) is -0.547. The molecule has 0 radical (unpaired) electrons. The van der Waals surface area contributed by atoms with Crippen molar-refractivity contribution in [3.8, 4) is 0 Å². The fraction of sp³-hybridized carbons (Fsp3) is 0.125. The zero-order valence-electron chi connectivity index (χ0n) is 11.7. The van der Waals surface area contributed by atoms with Crippen LogP contribution in [0.5, 0.6) is 0 Å². The van der Waals surface area contributed by atoms with Gasteiger partial charge in [0.25, 0.3) is 0 Å². The molecule has 0 N–H and O–H groups in total. The Morgan fingerprint density at radius 1 is 1.27 bits per heavy atom. The van der Waals surface area contributed by atoms with Crippen LogP contribution in [-0.4, -0.2) is 17.6 Å². The first-order valence-corrected chi connectivity index (χ1v) is 6.55. The number of aromatic nitrogens is 1. The molecule has 112 valence electrons. The van der Waals surface area contributed by atoms with Crippen LogP contribution < -0.4 is 5.43 Å². The number of hydrogen-bond acceptors (Lipinski definition) is 4. The Morgan fingerprint density at radius 3 is 2.86 bits per heavy atom. The fourth-order valence-electron chi connectivity index (χ4n) is 2.30. The van der Waals surface area contributed by atoms with Gasteiger partial charge in [0.2, 0.25) is 5.76 Å². The summed E-state index contributed by atoms with van der Waals surface area (Å²) in [5.41, 5.74) is -0.0496. The van der Waals surface area contributed by atoms with Crippen LogP contribution in [0.1, 0.15) is 16.3 Å². The van der Waals surface area contributed by atoms with Crippen LogP contribution in [0.2, 0.25) is 0 Å². The molecule has 0 fully saturated rings. The van der Waals surface area contributed by atoms with Gasteiger partial charge in [-0.15, -0.1) is 0 Å². The van der Waals surface area contributed by atoms with Gasteiger partial charge in [-0.1, -0.05) is 6.07 Å². The molecule has 2 heterocycles. The normalized spacial score (nSPS) is 10.8. The van der Waals surface area contributed by atoms with Crippen LogP contribution in [0.25, 0.3) is 10.9 Å². The summed E-state index contributed by atoms with van der Waals surface area (Å²) >= 11 is 0. The van der Waals surface area contributed by atoms with E-state index in [1.165, 1.54) is 37.6 Å². The van der Waals surface area contributed by atoms with E-state index >= 15 is 0 Å². The summed E-state index contributed by atoms with van der Waals surface area (Å²) in [5, 5.41) is 0.294. The summed E-state index contributed by atoms with van der Waals surface area (Å²) in [4.78, 5) is 23.2. The van der Waals surface area contributed by atoms with Crippen LogP contribution in [0.3, 0.4) is 0 Å². The number of para-hydroxylation sites is 1. The summed E-state index contributed by atoms with van der Waals surface area (Å²) in [7, 11) is 1.26. The van der Waals surface area contributed by atoms with Crippen molar-refractivity contribution in [2.75, 3.05) is 7.11 Å². The quantitative estimate of drug-likeness (QED) is 0.698. The maximum atomic E-state index is 14.1. The molecule has 1 aromatic carbocycles. The van der Waals surface area contributed by atoms with Gasteiger partial charge in [0.15, 0.2) is 5.43 Å². The number of halogens is 1.